The minimum absolute atomic E-state index is 0.167. The minimum atomic E-state index is -0.722. The number of hydrogen-bond acceptors (Lipinski definition) is 4. The van der Waals surface area contributed by atoms with Gasteiger partial charge in [0.2, 0.25) is 0 Å². The van der Waals surface area contributed by atoms with E-state index < -0.39 is 5.97 Å². The van der Waals surface area contributed by atoms with Crippen molar-refractivity contribution in [2.75, 3.05) is 13.1 Å². The number of nitrogens with zero attached hydrogens (tertiary/aromatic N) is 2. The lowest BCUT2D eigenvalue weighted by molar-refractivity contribution is -0.139. The highest BCUT2D eigenvalue weighted by Gasteiger charge is 2.35. The lowest BCUT2D eigenvalue weighted by atomic mass is 9.79. The van der Waals surface area contributed by atoms with Crippen LogP contribution >= 0.6 is 0 Å². The van der Waals surface area contributed by atoms with Gasteiger partial charge in [0, 0.05) is 30.5 Å². The first-order valence-electron chi connectivity index (χ1n) is 9.27. The van der Waals surface area contributed by atoms with Crippen LogP contribution in [0.15, 0.2) is 24.5 Å². The molecule has 3 rings (SSSR count). The fraction of sp³-hybridized carbons (Fsp3) is 0.684. The second-order valence-corrected chi connectivity index (χ2v) is 7.29. The van der Waals surface area contributed by atoms with Crippen molar-refractivity contribution in [1.29, 1.82) is 0 Å². The molecule has 0 aromatic carbocycles. The first-order valence-corrected chi connectivity index (χ1v) is 9.27. The van der Waals surface area contributed by atoms with E-state index in [0.29, 0.717) is 24.0 Å². The van der Waals surface area contributed by atoms with Crippen molar-refractivity contribution in [3.05, 3.63) is 30.1 Å². The Morgan fingerprint density at radius 3 is 2.83 bits per heavy atom. The van der Waals surface area contributed by atoms with Crippen LogP contribution in [0.5, 0.6) is 0 Å². The molecule has 2 aliphatic carbocycles. The SMILES string of the molecule is CCN(CC(=O)O)C1CC(NC2CCCC(c3cccnc3)C2)C1. The van der Waals surface area contributed by atoms with E-state index >= 15 is 0 Å². The molecule has 1 heterocycles. The minimum Gasteiger partial charge on any atom is -0.480 e. The maximum Gasteiger partial charge on any atom is 0.317 e. The van der Waals surface area contributed by atoms with Crippen LogP contribution in [0.2, 0.25) is 0 Å². The van der Waals surface area contributed by atoms with Crippen molar-refractivity contribution in [2.45, 2.75) is 69.5 Å². The zero-order chi connectivity index (χ0) is 16.9. The van der Waals surface area contributed by atoms with Gasteiger partial charge in [-0.15, -0.1) is 0 Å². The van der Waals surface area contributed by atoms with E-state index in [1.54, 1.807) is 0 Å². The van der Waals surface area contributed by atoms with Crippen LogP contribution in [-0.2, 0) is 4.79 Å². The molecule has 0 aliphatic heterocycles. The molecule has 5 nitrogen and oxygen atoms in total. The standard InChI is InChI=1S/C19H29N3O2/c1-2-22(13-19(23)24)18-10-17(11-18)21-16-7-3-5-14(9-16)15-6-4-8-20-12-15/h4,6,8,12,14,16-18,21H,2-3,5,7,9-11,13H2,1H3,(H,23,24). The van der Waals surface area contributed by atoms with Crippen molar-refractivity contribution in [1.82, 2.24) is 15.2 Å². The van der Waals surface area contributed by atoms with Gasteiger partial charge in [0.05, 0.1) is 6.54 Å². The van der Waals surface area contributed by atoms with Crippen LogP contribution in [0, 0.1) is 0 Å². The Labute approximate surface area is 144 Å². The van der Waals surface area contributed by atoms with E-state index in [1.165, 1.54) is 31.2 Å². The predicted molar refractivity (Wildman–Crippen MR) is 94.1 cm³/mol. The number of rotatable bonds is 7. The van der Waals surface area contributed by atoms with E-state index in [-0.39, 0.29) is 6.54 Å². The molecule has 1 aromatic rings. The number of likely N-dealkylation sites (N-methyl/N-ethyl adjacent to an activating group) is 1. The molecular weight excluding hydrogens is 302 g/mol. The van der Waals surface area contributed by atoms with Gasteiger partial charge in [0.15, 0.2) is 0 Å². The molecule has 0 amide bonds. The highest BCUT2D eigenvalue weighted by molar-refractivity contribution is 5.69. The third-order valence-corrected chi connectivity index (χ3v) is 5.68. The molecule has 2 fully saturated rings. The molecule has 2 N–H and O–H groups in total. The molecule has 0 radical (unpaired) electrons. The average molecular weight is 331 g/mol. The predicted octanol–water partition coefficient (Wildman–Crippen LogP) is 2.63. The highest BCUT2D eigenvalue weighted by Crippen LogP contribution is 2.34. The van der Waals surface area contributed by atoms with Gasteiger partial charge in [-0.2, -0.15) is 0 Å². The Morgan fingerprint density at radius 2 is 2.17 bits per heavy atom. The molecule has 2 unspecified atom stereocenters. The fourth-order valence-corrected chi connectivity index (χ4v) is 4.29. The van der Waals surface area contributed by atoms with Crippen molar-refractivity contribution in [2.24, 2.45) is 0 Å². The first kappa shape index (κ1) is 17.4. The maximum atomic E-state index is 10.9. The second kappa shape index (κ2) is 8.08. The van der Waals surface area contributed by atoms with E-state index in [0.717, 1.165) is 19.4 Å². The quantitative estimate of drug-likeness (QED) is 0.804. The molecule has 24 heavy (non-hydrogen) atoms. The third kappa shape index (κ3) is 4.33. The Balaban J connectivity index is 1.45. The smallest absolute Gasteiger partial charge is 0.317 e. The third-order valence-electron chi connectivity index (χ3n) is 5.68. The van der Waals surface area contributed by atoms with Crippen LogP contribution < -0.4 is 5.32 Å². The molecule has 0 bridgehead atoms. The van der Waals surface area contributed by atoms with Crippen LogP contribution in [0.25, 0.3) is 0 Å². The fourth-order valence-electron chi connectivity index (χ4n) is 4.29. The number of aliphatic carboxylic acids is 1. The van der Waals surface area contributed by atoms with Gasteiger partial charge in [-0.1, -0.05) is 19.4 Å². The molecule has 2 saturated carbocycles. The number of hydrogen-bond donors (Lipinski definition) is 2. The molecule has 2 atom stereocenters. The van der Waals surface area contributed by atoms with Gasteiger partial charge >= 0.3 is 5.97 Å². The number of carboxylic acids is 1. The largest absolute Gasteiger partial charge is 0.480 e. The Morgan fingerprint density at radius 1 is 1.33 bits per heavy atom. The summed E-state index contributed by atoms with van der Waals surface area (Å²) >= 11 is 0. The maximum absolute atomic E-state index is 10.9. The van der Waals surface area contributed by atoms with Crippen molar-refractivity contribution >= 4 is 5.97 Å². The van der Waals surface area contributed by atoms with E-state index in [4.69, 9.17) is 5.11 Å². The summed E-state index contributed by atoms with van der Waals surface area (Å²) in [5.74, 6) is -0.0974. The van der Waals surface area contributed by atoms with Crippen LogP contribution in [0.1, 0.15) is 56.9 Å². The van der Waals surface area contributed by atoms with Crippen LogP contribution in [-0.4, -0.2) is 52.2 Å². The monoisotopic (exact) mass is 331 g/mol. The van der Waals surface area contributed by atoms with Gasteiger partial charge in [-0.25, -0.2) is 0 Å². The molecule has 5 heteroatoms. The zero-order valence-electron chi connectivity index (χ0n) is 14.5. The summed E-state index contributed by atoms with van der Waals surface area (Å²) in [5.41, 5.74) is 1.37. The zero-order valence-corrected chi connectivity index (χ0v) is 14.5. The molecular formula is C19H29N3O2. The summed E-state index contributed by atoms with van der Waals surface area (Å²) < 4.78 is 0. The Kier molecular flexibility index (Phi) is 5.85. The molecule has 132 valence electrons. The van der Waals surface area contributed by atoms with Crippen molar-refractivity contribution in [3.63, 3.8) is 0 Å². The second-order valence-electron chi connectivity index (χ2n) is 7.29. The lowest BCUT2D eigenvalue weighted by Gasteiger charge is -2.44. The highest BCUT2D eigenvalue weighted by atomic mass is 16.4. The molecule has 2 aliphatic rings. The lowest BCUT2D eigenvalue weighted by Crippen LogP contribution is -2.56. The van der Waals surface area contributed by atoms with E-state index in [2.05, 4.69) is 21.3 Å². The Hall–Kier alpha value is -1.46. The van der Waals surface area contributed by atoms with Crippen LogP contribution in [0.4, 0.5) is 0 Å². The van der Waals surface area contributed by atoms with Crippen LogP contribution in [0.3, 0.4) is 0 Å². The summed E-state index contributed by atoms with van der Waals surface area (Å²) in [6.07, 6.45) is 11.0. The van der Waals surface area contributed by atoms with Gasteiger partial charge in [-0.05, 0) is 56.2 Å². The summed E-state index contributed by atoms with van der Waals surface area (Å²) in [6, 6.07) is 5.80. The molecule has 0 spiro atoms. The summed E-state index contributed by atoms with van der Waals surface area (Å²) in [5, 5.41) is 12.8. The summed E-state index contributed by atoms with van der Waals surface area (Å²) in [6.45, 7) is 3.03. The summed E-state index contributed by atoms with van der Waals surface area (Å²) in [4.78, 5) is 17.3. The molecule has 0 saturated heterocycles. The number of aromatic nitrogens is 1. The number of carboxylic acid groups (broad SMARTS) is 1. The van der Waals surface area contributed by atoms with Gasteiger partial charge in [0.25, 0.3) is 0 Å². The van der Waals surface area contributed by atoms with Gasteiger partial charge in [-0.3, -0.25) is 14.7 Å². The number of nitrogens with one attached hydrogen (secondary N) is 1. The normalized spacial score (nSPS) is 30.1. The average Bonchev–Trinajstić information content (AvgIpc) is 2.57. The van der Waals surface area contributed by atoms with E-state index in [1.807, 2.05) is 25.4 Å². The van der Waals surface area contributed by atoms with Gasteiger partial charge < -0.3 is 10.4 Å². The van der Waals surface area contributed by atoms with Crippen molar-refractivity contribution in [3.8, 4) is 0 Å². The van der Waals surface area contributed by atoms with Crippen molar-refractivity contribution < 1.29 is 9.90 Å². The Bertz CT molecular complexity index is 531. The van der Waals surface area contributed by atoms with E-state index in [9.17, 15) is 4.79 Å². The number of carbonyl (C=O) groups is 1. The summed E-state index contributed by atoms with van der Waals surface area (Å²) in [7, 11) is 0. The number of pyridine rings is 1. The topological polar surface area (TPSA) is 65.5 Å². The molecule has 1 aromatic heterocycles. The first-order chi connectivity index (χ1) is 11.7. The van der Waals surface area contributed by atoms with Gasteiger partial charge in [0.1, 0.15) is 0 Å².